The molecule has 0 unspecified atom stereocenters. The van der Waals surface area contributed by atoms with E-state index >= 15 is 0 Å². The van der Waals surface area contributed by atoms with E-state index in [0.717, 1.165) is 39.8 Å². The topological polar surface area (TPSA) is 17.1 Å². The van der Waals surface area contributed by atoms with Crippen molar-refractivity contribution < 1.29 is 26.3 Å². The standard InChI is InChI=1S/C21H22NO.BrH/c1-22(2)15-19(13-17-9-5-3-6-10-17)21(23)20(16-22)14-18-11-7-4-8-12-18;/h3-14H,15-16H2,1-2H3;1H/q+1;/p-1/b19-13+,20-14+;. The van der Waals surface area contributed by atoms with E-state index < -0.39 is 0 Å². The molecule has 2 aromatic carbocycles. The zero-order valence-corrected chi connectivity index (χ0v) is 15.7. The van der Waals surface area contributed by atoms with Crippen LogP contribution in [0.1, 0.15) is 11.1 Å². The molecule has 1 fully saturated rings. The second kappa shape index (κ2) is 7.73. The van der Waals surface area contributed by atoms with E-state index in [9.17, 15) is 4.79 Å². The Bertz CT molecular complexity index is 697. The molecule has 0 N–H and O–H groups in total. The molecule has 1 heterocycles. The first-order valence-corrected chi connectivity index (χ1v) is 7.91. The van der Waals surface area contributed by atoms with Gasteiger partial charge in [0.25, 0.3) is 0 Å². The van der Waals surface area contributed by atoms with Crippen LogP contribution in [-0.4, -0.2) is 37.5 Å². The molecule has 0 saturated carbocycles. The lowest BCUT2D eigenvalue weighted by molar-refractivity contribution is -0.881. The first-order valence-electron chi connectivity index (χ1n) is 7.91. The number of benzene rings is 2. The SMILES string of the molecule is C[N+]1(C)C/C(=C\c2ccccc2)C(=O)/C(=C/c2ccccc2)C1.[Br-]. The highest BCUT2D eigenvalue weighted by molar-refractivity contribution is 6.14. The summed E-state index contributed by atoms with van der Waals surface area (Å²) >= 11 is 0. The predicted molar refractivity (Wildman–Crippen MR) is 95.7 cm³/mol. The van der Waals surface area contributed by atoms with Gasteiger partial charge in [0.2, 0.25) is 0 Å². The van der Waals surface area contributed by atoms with Crippen LogP contribution in [-0.2, 0) is 4.79 Å². The number of Topliss-reactive ketones (excluding diaryl/α,β-unsaturated/α-hetero) is 1. The zero-order valence-electron chi connectivity index (χ0n) is 14.1. The smallest absolute Gasteiger partial charge is 0.196 e. The fourth-order valence-corrected chi connectivity index (χ4v) is 3.05. The molecule has 1 aliphatic heterocycles. The molecular weight excluding hydrogens is 362 g/mol. The number of nitrogens with zero attached hydrogens (tertiary/aromatic N) is 1. The molecule has 3 rings (SSSR count). The summed E-state index contributed by atoms with van der Waals surface area (Å²) in [6.45, 7) is 1.53. The van der Waals surface area contributed by atoms with Crippen molar-refractivity contribution in [1.29, 1.82) is 0 Å². The van der Waals surface area contributed by atoms with Gasteiger partial charge in [-0.1, -0.05) is 60.7 Å². The van der Waals surface area contributed by atoms with E-state index in [1.807, 2.05) is 72.8 Å². The molecule has 0 bridgehead atoms. The molecule has 0 amide bonds. The van der Waals surface area contributed by atoms with Crippen LogP contribution in [0.5, 0.6) is 0 Å². The summed E-state index contributed by atoms with van der Waals surface area (Å²) in [7, 11) is 4.34. The maximum atomic E-state index is 12.9. The first-order chi connectivity index (χ1) is 11.0. The molecule has 1 saturated heterocycles. The Morgan fingerprint density at radius 2 is 1.12 bits per heavy atom. The van der Waals surface area contributed by atoms with Crippen LogP contribution in [0.4, 0.5) is 0 Å². The average molecular weight is 384 g/mol. The Morgan fingerprint density at radius 3 is 1.50 bits per heavy atom. The lowest BCUT2D eigenvalue weighted by Gasteiger charge is -2.35. The van der Waals surface area contributed by atoms with Gasteiger partial charge < -0.3 is 21.5 Å². The number of quaternary nitrogens is 1. The van der Waals surface area contributed by atoms with Crippen LogP contribution in [0.2, 0.25) is 0 Å². The van der Waals surface area contributed by atoms with Crippen LogP contribution < -0.4 is 17.0 Å². The van der Waals surface area contributed by atoms with Crippen molar-refractivity contribution in [3.63, 3.8) is 0 Å². The number of halogens is 1. The van der Waals surface area contributed by atoms with Gasteiger partial charge >= 0.3 is 0 Å². The molecule has 1 aliphatic rings. The van der Waals surface area contributed by atoms with E-state index in [0.29, 0.717) is 0 Å². The summed E-state index contributed by atoms with van der Waals surface area (Å²) < 4.78 is 0.795. The fourth-order valence-electron chi connectivity index (χ4n) is 3.05. The Balaban J connectivity index is 0.00000208. The predicted octanol–water partition coefficient (Wildman–Crippen LogP) is 0.817. The van der Waals surface area contributed by atoms with Gasteiger partial charge in [0, 0.05) is 0 Å². The van der Waals surface area contributed by atoms with E-state index in [1.165, 1.54) is 0 Å². The van der Waals surface area contributed by atoms with Gasteiger partial charge in [0.05, 0.1) is 25.2 Å². The lowest BCUT2D eigenvalue weighted by Crippen LogP contribution is -3.00. The number of ketones is 1. The van der Waals surface area contributed by atoms with Gasteiger partial charge in [-0.05, 0) is 23.3 Å². The maximum absolute atomic E-state index is 12.9. The molecule has 0 spiro atoms. The molecule has 0 aromatic heterocycles. The highest BCUT2D eigenvalue weighted by Crippen LogP contribution is 2.24. The van der Waals surface area contributed by atoms with Crippen LogP contribution in [0.15, 0.2) is 71.8 Å². The van der Waals surface area contributed by atoms with Gasteiger partial charge in [-0.2, -0.15) is 0 Å². The minimum atomic E-state index is 0. The van der Waals surface area contributed by atoms with Crippen molar-refractivity contribution >= 4 is 17.9 Å². The van der Waals surface area contributed by atoms with Crippen molar-refractivity contribution in [3.8, 4) is 0 Å². The second-order valence-corrected chi connectivity index (χ2v) is 6.74. The number of hydrogen-bond donors (Lipinski definition) is 0. The fraction of sp³-hybridized carbons (Fsp3) is 0.190. The number of carbonyl (C=O) groups excluding carboxylic acids is 1. The highest BCUT2D eigenvalue weighted by atomic mass is 79.9. The summed E-state index contributed by atoms with van der Waals surface area (Å²) in [5.41, 5.74) is 3.93. The van der Waals surface area contributed by atoms with Crippen molar-refractivity contribution in [2.45, 2.75) is 0 Å². The lowest BCUT2D eigenvalue weighted by atomic mass is 9.93. The largest absolute Gasteiger partial charge is 1.00 e. The minimum absolute atomic E-state index is 0. The van der Waals surface area contributed by atoms with Gasteiger partial charge in [-0.25, -0.2) is 0 Å². The van der Waals surface area contributed by atoms with E-state index in [4.69, 9.17) is 0 Å². The molecule has 2 nitrogen and oxygen atoms in total. The van der Waals surface area contributed by atoms with Gasteiger partial charge in [-0.15, -0.1) is 0 Å². The molecule has 124 valence electrons. The molecular formula is C21H22BrNO. The third-order valence-electron chi connectivity index (χ3n) is 4.06. The normalized spacial score (nSPS) is 20.0. The van der Waals surface area contributed by atoms with Crippen molar-refractivity contribution in [2.24, 2.45) is 0 Å². The Labute approximate surface area is 154 Å². The van der Waals surface area contributed by atoms with Crippen LogP contribution in [0.3, 0.4) is 0 Å². The van der Waals surface area contributed by atoms with Crippen molar-refractivity contribution in [1.82, 2.24) is 0 Å². The molecule has 0 aliphatic carbocycles. The average Bonchev–Trinajstić information content (AvgIpc) is 2.53. The number of likely N-dealkylation sites (N-methyl/N-ethyl adjacent to an activating group) is 1. The Hall–Kier alpha value is -1.97. The summed E-state index contributed by atoms with van der Waals surface area (Å²) in [4.78, 5) is 12.9. The van der Waals surface area contributed by atoms with Crippen LogP contribution in [0, 0.1) is 0 Å². The number of likely N-dealkylation sites (tertiary alicyclic amines) is 1. The summed E-state index contributed by atoms with van der Waals surface area (Å²) in [6.07, 6.45) is 4.06. The number of hydrogen-bond acceptors (Lipinski definition) is 1. The van der Waals surface area contributed by atoms with Gasteiger partial charge in [0.15, 0.2) is 5.78 Å². The zero-order chi connectivity index (χ0) is 16.3. The highest BCUT2D eigenvalue weighted by Gasteiger charge is 2.32. The molecule has 0 atom stereocenters. The monoisotopic (exact) mass is 383 g/mol. The maximum Gasteiger partial charge on any atom is 0.196 e. The van der Waals surface area contributed by atoms with Gasteiger partial charge in [0.1, 0.15) is 13.1 Å². The summed E-state index contributed by atoms with van der Waals surface area (Å²) in [6, 6.07) is 20.1. The van der Waals surface area contributed by atoms with E-state index in [2.05, 4.69) is 14.1 Å². The molecule has 2 aromatic rings. The van der Waals surface area contributed by atoms with Crippen LogP contribution >= 0.6 is 0 Å². The van der Waals surface area contributed by atoms with E-state index in [1.54, 1.807) is 0 Å². The Kier molecular flexibility index (Phi) is 5.92. The minimum Gasteiger partial charge on any atom is -1.00 e. The van der Waals surface area contributed by atoms with Crippen LogP contribution in [0.25, 0.3) is 12.2 Å². The third kappa shape index (κ3) is 4.53. The molecule has 24 heavy (non-hydrogen) atoms. The van der Waals surface area contributed by atoms with Gasteiger partial charge in [-0.3, -0.25) is 4.79 Å². The molecule has 0 radical (unpaired) electrons. The van der Waals surface area contributed by atoms with Crippen molar-refractivity contribution in [3.05, 3.63) is 82.9 Å². The molecule has 3 heteroatoms. The number of piperidine rings is 1. The quantitative estimate of drug-likeness (QED) is 0.554. The summed E-state index contributed by atoms with van der Waals surface area (Å²) in [5.74, 6) is 0.176. The van der Waals surface area contributed by atoms with E-state index in [-0.39, 0.29) is 22.8 Å². The number of rotatable bonds is 2. The number of carbonyl (C=O) groups is 1. The first kappa shape index (κ1) is 18.4. The Morgan fingerprint density at radius 1 is 0.750 bits per heavy atom. The third-order valence-corrected chi connectivity index (χ3v) is 4.06. The summed E-state index contributed by atoms with van der Waals surface area (Å²) in [5, 5.41) is 0. The van der Waals surface area contributed by atoms with Crippen molar-refractivity contribution in [2.75, 3.05) is 27.2 Å². The second-order valence-electron chi connectivity index (χ2n) is 6.74.